The summed E-state index contributed by atoms with van der Waals surface area (Å²) in [7, 11) is 0. The summed E-state index contributed by atoms with van der Waals surface area (Å²) in [6.45, 7) is 2.25. The van der Waals surface area contributed by atoms with Crippen molar-refractivity contribution in [3.8, 4) is 11.8 Å². The molecule has 0 atom stereocenters. The number of Topliss-reactive ketones (excluding diaryl/α,β-unsaturated/α-hetero) is 1. The molecule has 0 radical (unpaired) electrons. The van der Waals surface area contributed by atoms with E-state index in [0.717, 1.165) is 38.2 Å². The SMILES string of the molecule is CCCCCCCCC=CCCCCCCCC(=O)c1cc(O)n(O)c1O. The first-order valence-electron chi connectivity index (χ1n) is 10.6. The number of rotatable bonds is 16. The van der Waals surface area contributed by atoms with Crippen LogP contribution in [0.1, 0.15) is 107 Å². The van der Waals surface area contributed by atoms with Crippen molar-refractivity contribution in [3.63, 3.8) is 0 Å². The summed E-state index contributed by atoms with van der Waals surface area (Å²) in [5.41, 5.74) is -0.0227. The molecule has 0 aliphatic rings. The largest absolute Gasteiger partial charge is 0.492 e. The zero-order valence-corrected chi connectivity index (χ0v) is 16.8. The third kappa shape index (κ3) is 9.55. The van der Waals surface area contributed by atoms with Gasteiger partial charge in [-0.05, 0) is 32.1 Å². The van der Waals surface area contributed by atoms with Gasteiger partial charge in [0, 0.05) is 12.5 Å². The fourth-order valence-corrected chi connectivity index (χ4v) is 3.17. The van der Waals surface area contributed by atoms with Gasteiger partial charge in [0.05, 0.1) is 5.56 Å². The second kappa shape index (κ2) is 14.2. The van der Waals surface area contributed by atoms with Gasteiger partial charge < -0.3 is 15.4 Å². The summed E-state index contributed by atoms with van der Waals surface area (Å²) in [5, 5.41) is 28.0. The number of nitrogens with zero attached hydrogens (tertiary/aromatic N) is 1. The van der Waals surface area contributed by atoms with E-state index in [1.165, 1.54) is 51.4 Å². The Morgan fingerprint density at radius 3 is 1.93 bits per heavy atom. The van der Waals surface area contributed by atoms with Crippen molar-refractivity contribution >= 4 is 5.78 Å². The Bertz CT molecular complexity index is 563. The fourth-order valence-electron chi connectivity index (χ4n) is 3.17. The average molecular weight is 380 g/mol. The first kappa shape index (κ1) is 23.1. The van der Waals surface area contributed by atoms with Crippen LogP contribution in [-0.4, -0.2) is 25.9 Å². The van der Waals surface area contributed by atoms with Gasteiger partial charge in [-0.1, -0.05) is 70.4 Å². The summed E-state index contributed by atoms with van der Waals surface area (Å²) in [4.78, 5) is 12.0. The van der Waals surface area contributed by atoms with Gasteiger partial charge in [0.25, 0.3) is 0 Å². The van der Waals surface area contributed by atoms with Crippen LogP contribution >= 0.6 is 0 Å². The molecule has 0 spiro atoms. The molecular weight excluding hydrogens is 342 g/mol. The summed E-state index contributed by atoms with van der Waals surface area (Å²) in [5.74, 6) is -1.38. The summed E-state index contributed by atoms with van der Waals surface area (Å²) >= 11 is 0. The van der Waals surface area contributed by atoms with Crippen LogP contribution in [0.25, 0.3) is 0 Å². The van der Waals surface area contributed by atoms with Gasteiger partial charge >= 0.3 is 0 Å². The first-order valence-corrected chi connectivity index (χ1v) is 10.6. The minimum absolute atomic E-state index is 0.0227. The fraction of sp³-hybridized carbons (Fsp3) is 0.682. The second-order valence-corrected chi connectivity index (χ2v) is 7.31. The number of hydrogen-bond acceptors (Lipinski definition) is 4. The van der Waals surface area contributed by atoms with Crippen LogP contribution in [0.3, 0.4) is 0 Å². The molecule has 0 saturated heterocycles. The van der Waals surface area contributed by atoms with Gasteiger partial charge in [-0.15, -0.1) is 4.73 Å². The van der Waals surface area contributed by atoms with E-state index in [9.17, 15) is 20.2 Å². The van der Waals surface area contributed by atoms with Crippen molar-refractivity contribution in [2.24, 2.45) is 0 Å². The topological polar surface area (TPSA) is 82.7 Å². The van der Waals surface area contributed by atoms with E-state index < -0.39 is 11.8 Å². The second-order valence-electron chi connectivity index (χ2n) is 7.31. The van der Waals surface area contributed by atoms with Crippen LogP contribution in [0.5, 0.6) is 11.8 Å². The summed E-state index contributed by atoms with van der Waals surface area (Å²) in [6.07, 6.45) is 20.5. The normalized spacial score (nSPS) is 11.4. The van der Waals surface area contributed by atoms with Crippen molar-refractivity contribution in [3.05, 3.63) is 23.8 Å². The molecule has 154 valence electrons. The van der Waals surface area contributed by atoms with E-state index in [2.05, 4.69) is 19.1 Å². The molecule has 0 aliphatic heterocycles. The molecule has 0 aliphatic carbocycles. The molecule has 27 heavy (non-hydrogen) atoms. The molecule has 1 heterocycles. The minimum atomic E-state index is -0.592. The maximum Gasteiger partial charge on any atom is 0.240 e. The third-order valence-electron chi connectivity index (χ3n) is 4.90. The van der Waals surface area contributed by atoms with E-state index in [0.29, 0.717) is 6.42 Å². The Morgan fingerprint density at radius 1 is 0.889 bits per heavy atom. The van der Waals surface area contributed by atoms with Crippen LogP contribution in [-0.2, 0) is 0 Å². The lowest BCUT2D eigenvalue weighted by Crippen LogP contribution is -1.98. The lowest BCUT2D eigenvalue weighted by Gasteiger charge is -2.01. The van der Waals surface area contributed by atoms with Crippen molar-refractivity contribution in [2.45, 2.75) is 96.8 Å². The van der Waals surface area contributed by atoms with Gasteiger partial charge in [-0.3, -0.25) is 4.79 Å². The lowest BCUT2D eigenvalue weighted by molar-refractivity contribution is 0.0966. The number of hydrogen-bond donors (Lipinski definition) is 3. The highest BCUT2D eigenvalue weighted by molar-refractivity contribution is 5.98. The van der Waals surface area contributed by atoms with Crippen molar-refractivity contribution in [1.82, 2.24) is 4.73 Å². The van der Waals surface area contributed by atoms with Crippen LogP contribution in [0.15, 0.2) is 18.2 Å². The molecule has 0 unspecified atom stereocenters. The monoisotopic (exact) mass is 379 g/mol. The highest BCUT2D eigenvalue weighted by atomic mass is 16.5. The van der Waals surface area contributed by atoms with Crippen molar-refractivity contribution < 1.29 is 20.2 Å². The van der Waals surface area contributed by atoms with Gasteiger partial charge in [0.15, 0.2) is 5.78 Å². The number of aromatic nitrogens is 1. The molecule has 0 aromatic carbocycles. The van der Waals surface area contributed by atoms with E-state index in [1.807, 2.05) is 0 Å². The summed E-state index contributed by atoms with van der Waals surface area (Å²) < 4.78 is 0.215. The van der Waals surface area contributed by atoms with Gasteiger partial charge in [-0.25, -0.2) is 0 Å². The van der Waals surface area contributed by atoms with Crippen LogP contribution in [0, 0.1) is 0 Å². The van der Waals surface area contributed by atoms with Gasteiger partial charge in [0.1, 0.15) is 0 Å². The van der Waals surface area contributed by atoms with Crippen LogP contribution < -0.4 is 0 Å². The highest BCUT2D eigenvalue weighted by Gasteiger charge is 2.18. The molecule has 3 N–H and O–H groups in total. The van der Waals surface area contributed by atoms with E-state index in [-0.39, 0.29) is 16.1 Å². The Balaban J connectivity index is 1.95. The number of aromatic hydroxyl groups is 2. The maximum absolute atomic E-state index is 12.0. The zero-order chi connectivity index (χ0) is 19.9. The average Bonchev–Trinajstić information content (AvgIpc) is 2.92. The number of carbonyl (C=O) groups is 1. The standard InChI is InChI=1S/C22H37NO4/c1-2-3-4-5-6-7-8-9-10-11-12-13-14-15-16-17-20(24)19-18-21(25)23(27)22(19)26/h9-10,18,25-27H,2-8,11-17H2,1H3. The minimum Gasteiger partial charge on any atom is -0.492 e. The Hall–Kier alpha value is -1.91. The Morgan fingerprint density at radius 2 is 1.41 bits per heavy atom. The first-order chi connectivity index (χ1) is 13.1. The molecule has 1 aromatic heterocycles. The van der Waals surface area contributed by atoms with E-state index in [4.69, 9.17) is 0 Å². The van der Waals surface area contributed by atoms with E-state index in [1.54, 1.807) is 0 Å². The van der Waals surface area contributed by atoms with Crippen molar-refractivity contribution in [2.75, 3.05) is 0 Å². The smallest absolute Gasteiger partial charge is 0.240 e. The molecule has 5 nitrogen and oxygen atoms in total. The molecule has 1 rings (SSSR count). The molecule has 0 saturated carbocycles. The van der Waals surface area contributed by atoms with Crippen LogP contribution in [0.4, 0.5) is 0 Å². The van der Waals surface area contributed by atoms with E-state index >= 15 is 0 Å². The molecule has 0 amide bonds. The van der Waals surface area contributed by atoms with Crippen LogP contribution in [0.2, 0.25) is 0 Å². The number of ketones is 1. The number of unbranched alkanes of at least 4 members (excludes halogenated alkanes) is 11. The molecule has 0 fully saturated rings. The van der Waals surface area contributed by atoms with Gasteiger partial charge in [-0.2, -0.15) is 0 Å². The lowest BCUT2D eigenvalue weighted by atomic mass is 10.0. The Labute approximate surface area is 163 Å². The predicted molar refractivity (Wildman–Crippen MR) is 109 cm³/mol. The summed E-state index contributed by atoms with van der Waals surface area (Å²) in [6, 6.07) is 1.09. The zero-order valence-electron chi connectivity index (χ0n) is 16.8. The molecule has 5 heteroatoms. The molecule has 0 bridgehead atoms. The van der Waals surface area contributed by atoms with Gasteiger partial charge in [0.2, 0.25) is 11.8 Å². The maximum atomic E-state index is 12.0. The third-order valence-corrected chi connectivity index (χ3v) is 4.90. The number of allylic oxidation sites excluding steroid dienone is 2. The Kier molecular flexibility index (Phi) is 12.2. The quantitative estimate of drug-likeness (QED) is 0.135. The highest BCUT2D eigenvalue weighted by Crippen LogP contribution is 2.27. The predicted octanol–water partition coefficient (Wildman–Crippen LogP) is 6.36. The van der Waals surface area contributed by atoms with Crippen molar-refractivity contribution in [1.29, 1.82) is 0 Å². The molecule has 1 aromatic rings. The molecular formula is C22H37NO4. The number of carbonyl (C=O) groups excluding carboxylic acids is 1.